The first-order chi connectivity index (χ1) is 12.0. The summed E-state index contributed by atoms with van der Waals surface area (Å²) in [5.74, 6) is -0.320. The zero-order valence-corrected chi connectivity index (χ0v) is 15.9. The Morgan fingerprint density at radius 3 is 2.52 bits per heavy atom. The first kappa shape index (κ1) is 20.0. The van der Waals surface area contributed by atoms with Gasteiger partial charge in [-0.25, -0.2) is 0 Å². The Morgan fingerprint density at radius 2 is 1.88 bits per heavy atom. The summed E-state index contributed by atoms with van der Waals surface area (Å²) in [6.45, 7) is 3.58. The maximum Gasteiger partial charge on any atom is 0.239 e. The molecule has 2 rings (SSSR count). The molecule has 2 N–H and O–H groups in total. The van der Waals surface area contributed by atoms with Crippen LogP contribution in [0.3, 0.4) is 0 Å². The number of nitrogens with one attached hydrogen (secondary N) is 2. The molecular weight excluding hydrogens is 363 g/mol. The van der Waals surface area contributed by atoms with Crippen LogP contribution in [-0.4, -0.2) is 38.1 Å². The van der Waals surface area contributed by atoms with Crippen LogP contribution in [0.1, 0.15) is 38.2 Å². The third-order valence-corrected chi connectivity index (χ3v) is 5.05. The number of ether oxygens (including phenoxy) is 1. The number of carbonyl (C=O) groups is 2. The molecule has 0 spiro atoms. The van der Waals surface area contributed by atoms with Gasteiger partial charge in [-0.1, -0.05) is 36.2 Å². The van der Waals surface area contributed by atoms with Crippen molar-refractivity contribution in [3.8, 4) is 0 Å². The molecule has 0 aliphatic carbocycles. The van der Waals surface area contributed by atoms with E-state index < -0.39 is 0 Å². The Hall–Kier alpha value is -1.30. The van der Waals surface area contributed by atoms with E-state index in [1.54, 1.807) is 6.07 Å². The molecule has 0 radical (unpaired) electrons. The highest BCUT2D eigenvalue weighted by atomic mass is 35.5. The van der Waals surface area contributed by atoms with E-state index in [9.17, 15) is 9.59 Å². The van der Waals surface area contributed by atoms with Gasteiger partial charge in [-0.3, -0.25) is 9.59 Å². The van der Waals surface area contributed by atoms with E-state index in [4.69, 9.17) is 27.9 Å². The van der Waals surface area contributed by atoms with Gasteiger partial charge in [0, 0.05) is 41.6 Å². The molecule has 1 saturated heterocycles. The van der Waals surface area contributed by atoms with Crippen LogP contribution >= 0.6 is 23.2 Å². The summed E-state index contributed by atoms with van der Waals surface area (Å²) in [6, 6.07) is 5.46. The highest BCUT2D eigenvalue weighted by molar-refractivity contribution is 6.35. The van der Waals surface area contributed by atoms with Gasteiger partial charge in [0.25, 0.3) is 0 Å². The second-order valence-electron chi connectivity index (χ2n) is 6.32. The zero-order valence-electron chi connectivity index (χ0n) is 14.4. The van der Waals surface area contributed by atoms with Crippen LogP contribution in [-0.2, 0) is 19.7 Å². The van der Waals surface area contributed by atoms with Gasteiger partial charge in [-0.05, 0) is 37.0 Å². The summed E-state index contributed by atoms with van der Waals surface area (Å²) < 4.78 is 5.48. The lowest BCUT2D eigenvalue weighted by molar-refractivity contribution is -0.126. The molecule has 2 amide bonds. The molecule has 1 aromatic rings. The number of benzene rings is 1. The fourth-order valence-corrected chi connectivity index (χ4v) is 3.66. The van der Waals surface area contributed by atoms with E-state index in [1.807, 2.05) is 19.1 Å². The van der Waals surface area contributed by atoms with Crippen LogP contribution < -0.4 is 10.6 Å². The Kier molecular flexibility index (Phi) is 7.54. The topological polar surface area (TPSA) is 67.4 Å². The average molecular weight is 387 g/mol. The Bertz CT molecular complexity index is 616. The number of hydrogen-bond donors (Lipinski definition) is 2. The predicted molar refractivity (Wildman–Crippen MR) is 99.1 cm³/mol. The largest absolute Gasteiger partial charge is 0.381 e. The minimum absolute atomic E-state index is 0.0141. The fraction of sp³-hybridized carbons (Fsp3) is 0.556. The van der Waals surface area contributed by atoms with Gasteiger partial charge in [-0.15, -0.1) is 0 Å². The molecule has 1 fully saturated rings. The van der Waals surface area contributed by atoms with E-state index in [0.29, 0.717) is 36.2 Å². The third kappa shape index (κ3) is 5.59. The van der Waals surface area contributed by atoms with E-state index in [2.05, 4.69) is 10.6 Å². The fourth-order valence-electron chi connectivity index (χ4n) is 3.05. The van der Waals surface area contributed by atoms with Crippen LogP contribution in [0.15, 0.2) is 18.2 Å². The minimum atomic E-state index is -0.289. The Labute approximate surface area is 158 Å². The normalized spacial score (nSPS) is 16.3. The summed E-state index contributed by atoms with van der Waals surface area (Å²) in [6.07, 6.45) is 2.70. The molecule has 0 saturated carbocycles. The first-order valence-corrected chi connectivity index (χ1v) is 9.29. The number of hydrogen-bond acceptors (Lipinski definition) is 3. The van der Waals surface area contributed by atoms with Crippen molar-refractivity contribution in [2.45, 2.75) is 38.0 Å². The van der Waals surface area contributed by atoms with Crippen LogP contribution in [0.5, 0.6) is 0 Å². The number of carbonyl (C=O) groups excluding carboxylic acids is 2. The van der Waals surface area contributed by atoms with E-state index in [0.717, 1.165) is 24.8 Å². The lowest BCUT2D eigenvalue weighted by Crippen LogP contribution is -2.47. The molecule has 7 heteroatoms. The van der Waals surface area contributed by atoms with Crippen molar-refractivity contribution in [1.29, 1.82) is 0 Å². The molecule has 5 nitrogen and oxygen atoms in total. The van der Waals surface area contributed by atoms with Gasteiger partial charge in [0.05, 0.1) is 6.54 Å². The van der Waals surface area contributed by atoms with Crippen molar-refractivity contribution in [3.63, 3.8) is 0 Å². The maximum absolute atomic E-state index is 12.1. The molecule has 0 aromatic heterocycles. The summed E-state index contributed by atoms with van der Waals surface area (Å²) in [5, 5.41) is 6.73. The predicted octanol–water partition coefficient (Wildman–Crippen LogP) is 3.07. The summed E-state index contributed by atoms with van der Waals surface area (Å²) >= 11 is 12.4. The van der Waals surface area contributed by atoms with Crippen molar-refractivity contribution in [3.05, 3.63) is 33.8 Å². The summed E-state index contributed by atoms with van der Waals surface area (Å²) in [4.78, 5) is 23.6. The van der Waals surface area contributed by atoms with Crippen molar-refractivity contribution >= 4 is 35.0 Å². The number of halogens is 2. The molecular formula is C18H24Cl2N2O3. The first-order valence-electron chi connectivity index (χ1n) is 8.53. The smallest absolute Gasteiger partial charge is 0.239 e. The molecule has 138 valence electrons. The average Bonchev–Trinajstić information content (AvgIpc) is 2.59. The lowest BCUT2D eigenvalue weighted by Gasteiger charge is -2.38. The molecule has 1 heterocycles. The monoisotopic (exact) mass is 386 g/mol. The summed E-state index contributed by atoms with van der Waals surface area (Å²) in [7, 11) is 0. The zero-order chi connectivity index (χ0) is 18.3. The van der Waals surface area contributed by atoms with Crippen LogP contribution in [0.25, 0.3) is 0 Å². The van der Waals surface area contributed by atoms with Crippen LogP contribution in [0.2, 0.25) is 10.0 Å². The molecule has 0 atom stereocenters. The number of amides is 2. The lowest BCUT2D eigenvalue weighted by atomic mass is 9.74. The third-order valence-electron chi connectivity index (χ3n) is 4.50. The molecule has 0 unspecified atom stereocenters. The molecule has 1 aliphatic rings. The Morgan fingerprint density at radius 1 is 1.16 bits per heavy atom. The Balaban J connectivity index is 2.03. The van der Waals surface area contributed by atoms with Gasteiger partial charge >= 0.3 is 0 Å². The van der Waals surface area contributed by atoms with Crippen molar-refractivity contribution in [1.82, 2.24) is 10.6 Å². The van der Waals surface area contributed by atoms with Crippen molar-refractivity contribution in [2.24, 2.45) is 0 Å². The highest BCUT2D eigenvalue weighted by Crippen LogP contribution is 2.39. The van der Waals surface area contributed by atoms with Crippen LogP contribution in [0, 0.1) is 0 Å². The summed E-state index contributed by atoms with van der Waals surface area (Å²) in [5.41, 5.74) is 0.681. The minimum Gasteiger partial charge on any atom is -0.381 e. The van der Waals surface area contributed by atoms with Crippen LogP contribution in [0.4, 0.5) is 0 Å². The molecule has 0 bridgehead atoms. The van der Waals surface area contributed by atoms with Gasteiger partial charge < -0.3 is 15.4 Å². The van der Waals surface area contributed by atoms with E-state index >= 15 is 0 Å². The van der Waals surface area contributed by atoms with Gasteiger partial charge in [0.2, 0.25) is 11.8 Å². The maximum atomic E-state index is 12.1. The molecule has 1 aromatic carbocycles. The van der Waals surface area contributed by atoms with Gasteiger partial charge in [0.15, 0.2) is 0 Å². The van der Waals surface area contributed by atoms with E-state index in [-0.39, 0.29) is 23.8 Å². The SMILES string of the molecule is CCCC(=O)NCC(=O)NCC1(c2ccc(Cl)cc2Cl)CCOCC1. The quantitative estimate of drug-likeness (QED) is 0.756. The van der Waals surface area contributed by atoms with Gasteiger partial charge in [-0.2, -0.15) is 0 Å². The second-order valence-corrected chi connectivity index (χ2v) is 7.16. The second kappa shape index (κ2) is 9.41. The van der Waals surface area contributed by atoms with E-state index in [1.165, 1.54) is 0 Å². The van der Waals surface area contributed by atoms with Crippen molar-refractivity contribution in [2.75, 3.05) is 26.3 Å². The molecule has 1 aliphatic heterocycles. The standard InChI is InChI=1S/C18H24Cl2N2O3/c1-2-3-16(23)21-11-17(24)22-12-18(6-8-25-9-7-18)14-5-4-13(19)10-15(14)20/h4-5,10H,2-3,6-9,11-12H2,1H3,(H,21,23)(H,22,24). The van der Waals surface area contributed by atoms with Crippen molar-refractivity contribution < 1.29 is 14.3 Å². The highest BCUT2D eigenvalue weighted by Gasteiger charge is 2.36. The number of rotatable bonds is 7. The van der Waals surface area contributed by atoms with Gasteiger partial charge in [0.1, 0.15) is 0 Å². The molecule has 25 heavy (non-hydrogen) atoms.